The highest BCUT2D eigenvalue weighted by atomic mass is 32.2. The summed E-state index contributed by atoms with van der Waals surface area (Å²) in [4.78, 5) is 39.2. The molecule has 0 spiro atoms. The number of rotatable bonds is 0. The van der Waals surface area contributed by atoms with Gasteiger partial charge in [-0.15, -0.1) is 11.4 Å². The van der Waals surface area contributed by atoms with Crippen LogP contribution in [0.25, 0.3) is 0 Å². The number of aromatic nitrogens is 2. The lowest BCUT2D eigenvalue weighted by molar-refractivity contribution is 0.0991. The summed E-state index contributed by atoms with van der Waals surface area (Å²) >= 11 is -3.11. The number of allylic oxidation sites excluding steroid dienone is 2. The van der Waals surface area contributed by atoms with E-state index in [1.165, 1.54) is 24.3 Å². The van der Waals surface area contributed by atoms with Crippen LogP contribution in [0.3, 0.4) is 0 Å². The molecule has 10 heteroatoms. The van der Waals surface area contributed by atoms with Gasteiger partial charge in [-0.25, -0.2) is 4.79 Å². The molecule has 1 heterocycles. The number of aromatic amines is 1. The molecular formula is C16H14N2O7S-2. The summed E-state index contributed by atoms with van der Waals surface area (Å²) in [5, 5.41) is 9.34. The van der Waals surface area contributed by atoms with Gasteiger partial charge in [-0.05, 0) is 38.1 Å². The first-order chi connectivity index (χ1) is 12.1. The predicted molar refractivity (Wildman–Crippen MR) is 89.9 cm³/mol. The zero-order chi connectivity index (χ0) is 19.9. The number of aryl methyl sites for hydroxylation is 2. The zero-order valence-electron chi connectivity index (χ0n) is 13.7. The Morgan fingerprint density at radius 3 is 2.15 bits per heavy atom. The van der Waals surface area contributed by atoms with Crippen LogP contribution in [0, 0.1) is 13.8 Å². The fraction of sp³-hybridized carbons (Fsp3) is 0.125. The largest absolute Gasteiger partial charge is 0.784 e. The van der Waals surface area contributed by atoms with Crippen molar-refractivity contribution in [1.82, 2.24) is 9.97 Å². The Hall–Kier alpha value is -2.95. The monoisotopic (exact) mass is 378 g/mol. The van der Waals surface area contributed by atoms with Gasteiger partial charge in [0.05, 0.1) is 5.56 Å². The van der Waals surface area contributed by atoms with Crippen molar-refractivity contribution in [3.05, 3.63) is 69.4 Å². The Morgan fingerprint density at radius 2 is 1.65 bits per heavy atom. The van der Waals surface area contributed by atoms with Gasteiger partial charge in [0.1, 0.15) is 5.75 Å². The van der Waals surface area contributed by atoms with E-state index in [9.17, 15) is 19.5 Å². The minimum atomic E-state index is -3.11. The summed E-state index contributed by atoms with van der Waals surface area (Å²) < 4.78 is 25.3. The molecule has 0 unspecified atom stereocenters. The minimum absolute atomic E-state index is 0.106. The van der Waals surface area contributed by atoms with E-state index in [1.807, 2.05) is 13.0 Å². The number of carbonyl (C=O) groups excluding carboxylic acids is 2. The minimum Gasteiger partial charge on any atom is -0.784 e. The van der Waals surface area contributed by atoms with E-state index >= 15 is 0 Å². The molecule has 0 atom stereocenters. The molecule has 0 saturated carbocycles. The number of phenolic OH excluding ortho intramolecular Hbond substituents is 1. The van der Waals surface area contributed by atoms with E-state index in [0.717, 1.165) is 11.4 Å². The first-order valence-electron chi connectivity index (χ1n) is 7.02. The van der Waals surface area contributed by atoms with E-state index in [2.05, 4.69) is 9.97 Å². The smallest absolute Gasteiger partial charge is 0.345 e. The summed E-state index contributed by atoms with van der Waals surface area (Å²) in [6.07, 6.45) is 2.38. The molecule has 1 aliphatic carbocycles. The second-order valence-electron chi connectivity index (χ2n) is 4.98. The average Bonchev–Trinajstić information content (AvgIpc) is 2.50. The van der Waals surface area contributed by atoms with Crippen molar-refractivity contribution in [2.45, 2.75) is 13.8 Å². The highest BCUT2D eigenvalue weighted by Gasteiger charge is 2.21. The maximum Gasteiger partial charge on any atom is 0.345 e. The van der Waals surface area contributed by atoms with Crippen LogP contribution >= 0.6 is 0 Å². The zero-order valence-corrected chi connectivity index (χ0v) is 14.5. The van der Waals surface area contributed by atoms with Crippen LogP contribution in [-0.4, -0.2) is 40.0 Å². The number of fused-ring (bicyclic) bond motifs is 1. The average molecular weight is 378 g/mol. The number of carbonyl (C=O) groups is 2. The van der Waals surface area contributed by atoms with E-state index in [-0.39, 0.29) is 34.1 Å². The third-order valence-corrected chi connectivity index (χ3v) is 2.95. The molecule has 2 N–H and O–H groups in total. The molecule has 0 fully saturated rings. The van der Waals surface area contributed by atoms with Crippen molar-refractivity contribution in [2.24, 2.45) is 0 Å². The van der Waals surface area contributed by atoms with Gasteiger partial charge in [-0.1, -0.05) is 12.1 Å². The van der Waals surface area contributed by atoms with Gasteiger partial charge in [0.15, 0.2) is 11.6 Å². The first-order valence-corrected chi connectivity index (χ1v) is 8.02. The Kier molecular flexibility index (Phi) is 7.72. The third-order valence-electron chi connectivity index (χ3n) is 2.95. The predicted octanol–water partition coefficient (Wildman–Crippen LogP) is 0.710. The molecule has 0 amide bonds. The number of H-pyrrole nitrogens is 1. The van der Waals surface area contributed by atoms with Crippen LogP contribution in [-0.2, 0) is 11.4 Å². The summed E-state index contributed by atoms with van der Waals surface area (Å²) in [6.45, 7) is 3.62. The molecule has 9 nitrogen and oxygen atoms in total. The molecular weight excluding hydrogens is 364 g/mol. The molecule has 2 aromatic rings. The highest BCUT2D eigenvalue weighted by molar-refractivity contribution is 7.72. The van der Waals surface area contributed by atoms with Crippen LogP contribution in [0.15, 0.2) is 41.2 Å². The number of nitrogens with zero attached hydrogens (tertiary/aromatic N) is 1. The van der Waals surface area contributed by atoms with E-state index < -0.39 is 11.4 Å². The molecule has 26 heavy (non-hydrogen) atoms. The Balaban J connectivity index is 0.000000227. The number of aromatic hydroxyl groups is 1. The number of ketones is 2. The van der Waals surface area contributed by atoms with Crippen molar-refractivity contribution >= 4 is 22.9 Å². The summed E-state index contributed by atoms with van der Waals surface area (Å²) in [5.41, 5.74) is 1.72. The number of hydrogen-bond acceptors (Lipinski definition) is 8. The van der Waals surface area contributed by atoms with Crippen molar-refractivity contribution in [1.29, 1.82) is 0 Å². The molecule has 1 aliphatic rings. The van der Waals surface area contributed by atoms with Crippen molar-refractivity contribution in [3.8, 4) is 5.75 Å². The maximum absolute atomic E-state index is 11.3. The lowest BCUT2D eigenvalue weighted by Gasteiger charge is -2.09. The van der Waals surface area contributed by atoms with E-state index in [4.69, 9.17) is 13.3 Å². The van der Waals surface area contributed by atoms with E-state index in [0.29, 0.717) is 0 Å². The highest BCUT2D eigenvalue weighted by Crippen LogP contribution is 2.25. The fourth-order valence-electron chi connectivity index (χ4n) is 2.07. The lowest BCUT2D eigenvalue weighted by Crippen LogP contribution is -2.11. The van der Waals surface area contributed by atoms with Crippen LogP contribution in [0.5, 0.6) is 5.75 Å². The molecule has 3 rings (SSSR count). The lowest BCUT2D eigenvalue weighted by atomic mass is 9.94. The fourth-order valence-corrected chi connectivity index (χ4v) is 2.07. The molecule has 1 aromatic carbocycles. The number of hydrogen-bond donors (Lipinski definition) is 2. The van der Waals surface area contributed by atoms with Gasteiger partial charge >= 0.3 is 5.69 Å². The standard InChI is InChI=1S/C10H6O3.C6H8N2O.H2O3S/c11-7-4-5-9(13)10-6(7)2-1-3-8(10)12;1-4-3-5(2)8-6(9)7-4;1-4(2)3/h1-5,12H;3H,1-2H3,(H,7,8,9);(H2,1,2,3)/p-2. The van der Waals surface area contributed by atoms with Crippen LogP contribution < -0.4 is 5.69 Å². The van der Waals surface area contributed by atoms with E-state index in [1.54, 1.807) is 13.0 Å². The number of phenols is 1. The third kappa shape index (κ3) is 6.51. The maximum atomic E-state index is 11.3. The summed E-state index contributed by atoms with van der Waals surface area (Å²) in [5.74, 6) is -0.710. The Labute approximate surface area is 150 Å². The molecule has 138 valence electrons. The second kappa shape index (κ2) is 9.51. The SMILES string of the molecule is Cc1cc(C)[nH]c(=O)n1.O=C1C=CC(=O)c2c(O)cccc21.O=S([O-])[O-]. The Morgan fingerprint density at radius 1 is 1.08 bits per heavy atom. The first kappa shape index (κ1) is 21.1. The quantitative estimate of drug-likeness (QED) is 0.633. The van der Waals surface area contributed by atoms with Gasteiger partial charge in [0.25, 0.3) is 0 Å². The van der Waals surface area contributed by atoms with Crippen LogP contribution in [0.1, 0.15) is 32.1 Å². The molecule has 0 aliphatic heterocycles. The molecule has 1 aromatic heterocycles. The van der Waals surface area contributed by atoms with Crippen molar-refractivity contribution < 1.29 is 28.0 Å². The van der Waals surface area contributed by atoms with Gasteiger partial charge in [-0.2, -0.15) is 4.98 Å². The molecule has 0 saturated heterocycles. The van der Waals surface area contributed by atoms with Gasteiger partial charge < -0.3 is 19.2 Å². The summed E-state index contributed by atoms with van der Waals surface area (Å²) in [7, 11) is 0. The van der Waals surface area contributed by atoms with Gasteiger partial charge in [0, 0.05) is 17.0 Å². The summed E-state index contributed by atoms with van der Waals surface area (Å²) in [6, 6.07) is 6.28. The topological polar surface area (TPSA) is 163 Å². The Bertz CT molecular complexity index is 907. The van der Waals surface area contributed by atoms with Crippen LogP contribution in [0.4, 0.5) is 0 Å². The van der Waals surface area contributed by atoms with Crippen LogP contribution in [0.2, 0.25) is 0 Å². The second-order valence-corrected chi connectivity index (χ2v) is 5.38. The molecule has 0 radical (unpaired) electrons. The van der Waals surface area contributed by atoms with Crippen molar-refractivity contribution in [2.75, 3.05) is 0 Å². The number of benzene rings is 1. The van der Waals surface area contributed by atoms with Gasteiger partial charge in [0.2, 0.25) is 0 Å². The van der Waals surface area contributed by atoms with Gasteiger partial charge in [-0.3, -0.25) is 13.8 Å². The van der Waals surface area contributed by atoms with Crippen molar-refractivity contribution in [3.63, 3.8) is 0 Å². The number of nitrogens with one attached hydrogen (secondary N) is 1. The molecule has 0 bridgehead atoms. The normalized spacial score (nSPS) is 11.9.